The molecule has 21 heavy (non-hydrogen) atoms. The van der Waals surface area contributed by atoms with Gasteiger partial charge in [0.2, 0.25) is 0 Å². The highest BCUT2D eigenvalue weighted by molar-refractivity contribution is 5.99. The Morgan fingerprint density at radius 2 is 1.90 bits per heavy atom. The van der Waals surface area contributed by atoms with Crippen LogP contribution in [0.4, 0.5) is 10.1 Å². The van der Waals surface area contributed by atoms with Crippen molar-refractivity contribution in [2.24, 2.45) is 0 Å². The van der Waals surface area contributed by atoms with Crippen molar-refractivity contribution in [3.05, 3.63) is 65.5 Å². The van der Waals surface area contributed by atoms with Gasteiger partial charge >= 0.3 is 0 Å². The first-order chi connectivity index (χ1) is 10.1. The van der Waals surface area contributed by atoms with E-state index in [1.807, 2.05) is 35.2 Å². The standard InChI is InChI=1S/C17H18FNO2/c1-13(21)16-11-15(18)7-8-17(16)19(9-10-20)12-14-5-3-2-4-6-14/h2-8,11,20H,9-10,12H2,1H3. The van der Waals surface area contributed by atoms with Crippen molar-refractivity contribution in [1.82, 2.24) is 0 Å². The summed E-state index contributed by atoms with van der Waals surface area (Å²) in [5, 5.41) is 9.26. The van der Waals surface area contributed by atoms with E-state index in [2.05, 4.69) is 0 Å². The van der Waals surface area contributed by atoms with Crippen LogP contribution in [-0.2, 0) is 6.54 Å². The van der Waals surface area contributed by atoms with Crippen LogP contribution in [0.2, 0.25) is 0 Å². The van der Waals surface area contributed by atoms with Crippen molar-refractivity contribution in [1.29, 1.82) is 0 Å². The van der Waals surface area contributed by atoms with Gasteiger partial charge in [-0.3, -0.25) is 4.79 Å². The Morgan fingerprint density at radius 3 is 2.52 bits per heavy atom. The average Bonchev–Trinajstić information content (AvgIpc) is 2.48. The number of aliphatic hydroxyl groups excluding tert-OH is 1. The van der Waals surface area contributed by atoms with E-state index in [1.165, 1.54) is 19.1 Å². The maximum absolute atomic E-state index is 13.4. The van der Waals surface area contributed by atoms with Gasteiger partial charge in [0.05, 0.1) is 6.61 Å². The van der Waals surface area contributed by atoms with Gasteiger partial charge < -0.3 is 10.0 Å². The molecular formula is C17H18FNO2. The molecular weight excluding hydrogens is 269 g/mol. The molecule has 0 aliphatic carbocycles. The molecule has 4 heteroatoms. The largest absolute Gasteiger partial charge is 0.395 e. The van der Waals surface area contributed by atoms with Crippen LogP contribution >= 0.6 is 0 Å². The molecule has 1 N–H and O–H groups in total. The minimum atomic E-state index is -0.437. The van der Waals surface area contributed by atoms with Gasteiger partial charge in [-0.15, -0.1) is 0 Å². The molecule has 2 rings (SSSR count). The number of Topliss-reactive ketones (excluding diaryl/α,β-unsaturated/α-hetero) is 1. The predicted molar refractivity (Wildman–Crippen MR) is 81.0 cm³/mol. The SMILES string of the molecule is CC(=O)c1cc(F)ccc1N(CCO)Cc1ccccc1. The van der Waals surface area contributed by atoms with E-state index in [1.54, 1.807) is 6.07 Å². The first-order valence-corrected chi connectivity index (χ1v) is 6.82. The molecule has 0 aliphatic heterocycles. The van der Waals surface area contributed by atoms with Crippen molar-refractivity contribution >= 4 is 11.5 Å². The molecule has 0 aromatic heterocycles. The molecule has 0 radical (unpaired) electrons. The van der Waals surface area contributed by atoms with E-state index in [0.717, 1.165) is 5.56 Å². The Hall–Kier alpha value is -2.20. The zero-order valence-corrected chi connectivity index (χ0v) is 11.9. The van der Waals surface area contributed by atoms with E-state index in [4.69, 9.17) is 0 Å². The number of hydrogen-bond acceptors (Lipinski definition) is 3. The van der Waals surface area contributed by atoms with Crippen LogP contribution in [0.1, 0.15) is 22.8 Å². The third kappa shape index (κ3) is 3.89. The van der Waals surface area contributed by atoms with Crippen LogP contribution in [0.25, 0.3) is 0 Å². The summed E-state index contributed by atoms with van der Waals surface area (Å²) in [5.41, 5.74) is 2.03. The van der Waals surface area contributed by atoms with Crippen LogP contribution < -0.4 is 4.90 Å². The highest BCUT2D eigenvalue weighted by Gasteiger charge is 2.15. The van der Waals surface area contributed by atoms with E-state index in [0.29, 0.717) is 24.3 Å². The first kappa shape index (κ1) is 15.2. The van der Waals surface area contributed by atoms with Crippen LogP contribution in [-0.4, -0.2) is 24.0 Å². The molecule has 0 heterocycles. The fourth-order valence-electron chi connectivity index (χ4n) is 2.28. The Morgan fingerprint density at radius 1 is 1.19 bits per heavy atom. The number of benzene rings is 2. The molecule has 0 saturated heterocycles. The molecule has 0 spiro atoms. The van der Waals surface area contributed by atoms with Crippen molar-refractivity contribution in [3.8, 4) is 0 Å². The molecule has 0 aliphatic rings. The molecule has 2 aromatic rings. The number of carbonyl (C=O) groups is 1. The summed E-state index contributed by atoms with van der Waals surface area (Å²) >= 11 is 0. The van der Waals surface area contributed by atoms with E-state index >= 15 is 0 Å². The van der Waals surface area contributed by atoms with Gasteiger partial charge in [-0.2, -0.15) is 0 Å². The first-order valence-electron chi connectivity index (χ1n) is 6.82. The summed E-state index contributed by atoms with van der Waals surface area (Å²) in [6, 6.07) is 13.9. The Labute approximate surface area is 123 Å². The fourth-order valence-corrected chi connectivity index (χ4v) is 2.28. The summed E-state index contributed by atoms with van der Waals surface area (Å²) in [6.07, 6.45) is 0. The average molecular weight is 287 g/mol. The van der Waals surface area contributed by atoms with Gasteiger partial charge in [-0.1, -0.05) is 30.3 Å². The second-order valence-electron chi connectivity index (χ2n) is 4.85. The number of ketones is 1. The van der Waals surface area contributed by atoms with Crippen LogP contribution in [0.5, 0.6) is 0 Å². The Kier molecular flexibility index (Phi) is 5.06. The molecule has 0 bridgehead atoms. The van der Waals surface area contributed by atoms with Crippen LogP contribution in [0, 0.1) is 5.82 Å². The van der Waals surface area contributed by atoms with Crippen LogP contribution in [0.3, 0.4) is 0 Å². The molecule has 3 nitrogen and oxygen atoms in total. The Balaban J connectivity index is 2.36. The second kappa shape index (κ2) is 6.99. The van der Waals surface area contributed by atoms with Crippen molar-refractivity contribution in [3.63, 3.8) is 0 Å². The lowest BCUT2D eigenvalue weighted by atomic mass is 10.1. The maximum atomic E-state index is 13.4. The fraction of sp³-hybridized carbons (Fsp3) is 0.235. The lowest BCUT2D eigenvalue weighted by Gasteiger charge is -2.26. The van der Waals surface area contributed by atoms with Crippen molar-refractivity contribution < 1.29 is 14.3 Å². The van der Waals surface area contributed by atoms with Gasteiger partial charge in [0.15, 0.2) is 5.78 Å². The molecule has 2 aromatic carbocycles. The minimum absolute atomic E-state index is 0.0401. The number of anilines is 1. The van der Waals surface area contributed by atoms with Crippen molar-refractivity contribution in [2.45, 2.75) is 13.5 Å². The number of carbonyl (C=O) groups excluding carboxylic acids is 1. The summed E-state index contributed by atoms with van der Waals surface area (Å²) in [6.45, 7) is 2.30. The molecule has 0 amide bonds. The molecule has 0 fully saturated rings. The maximum Gasteiger partial charge on any atom is 0.161 e. The van der Waals surface area contributed by atoms with Gasteiger partial charge in [0.1, 0.15) is 5.82 Å². The van der Waals surface area contributed by atoms with Gasteiger partial charge in [-0.25, -0.2) is 4.39 Å². The molecule has 0 atom stereocenters. The zero-order valence-electron chi connectivity index (χ0n) is 11.9. The summed E-state index contributed by atoms with van der Waals surface area (Å²) in [4.78, 5) is 13.6. The quantitative estimate of drug-likeness (QED) is 0.830. The second-order valence-corrected chi connectivity index (χ2v) is 4.85. The summed E-state index contributed by atoms with van der Waals surface area (Å²) < 4.78 is 13.4. The van der Waals surface area contributed by atoms with E-state index in [9.17, 15) is 14.3 Å². The highest BCUT2D eigenvalue weighted by atomic mass is 19.1. The molecule has 0 unspecified atom stereocenters. The highest BCUT2D eigenvalue weighted by Crippen LogP contribution is 2.24. The van der Waals surface area contributed by atoms with E-state index < -0.39 is 5.82 Å². The number of aliphatic hydroxyl groups is 1. The third-order valence-electron chi connectivity index (χ3n) is 3.26. The summed E-state index contributed by atoms with van der Waals surface area (Å²) in [5.74, 6) is -0.631. The normalized spacial score (nSPS) is 10.4. The number of halogens is 1. The third-order valence-corrected chi connectivity index (χ3v) is 3.26. The number of rotatable bonds is 6. The molecule has 0 saturated carbocycles. The lowest BCUT2D eigenvalue weighted by molar-refractivity contribution is 0.101. The number of nitrogens with zero attached hydrogens (tertiary/aromatic N) is 1. The monoisotopic (exact) mass is 287 g/mol. The lowest BCUT2D eigenvalue weighted by Crippen LogP contribution is -2.27. The van der Waals surface area contributed by atoms with Gasteiger partial charge in [0, 0.05) is 24.3 Å². The van der Waals surface area contributed by atoms with E-state index in [-0.39, 0.29) is 12.4 Å². The topological polar surface area (TPSA) is 40.5 Å². The van der Waals surface area contributed by atoms with Crippen molar-refractivity contribution in [2.75, 3.05) is 18.1 Å². The number of hydrogen-bond donors (Lipinski definition) is 1. The summed E-state index contributed by atoms with van der Waals surface area (Å²) in [7, 11) is 0. The zero-order chi connectivity index (χ0) is 15.2. The molecule has 110 valence electrons. The van der Waals surface area contributed by atoms with Crippen LogP contribution in [0.15, 0.2) is 48.5 Å². The minimum Gasteiger partial charge on any atom is -0.395 e. The van der Waals surface area contributed by atoms with Gasteiger partial charge in [-0.05, 0) is 30.7 Å². The Bertz CT molecular complexity index is 613. The predicted octanol–water partition coefficient (Wildman–Crippen LogP) is 3.03. The smallest absolute Gasteiger partial charge is 0.161 e. The van der Waals surface area contributed by atoms with Gasteiger partial charge in [0.25, 0.3) is 0 Å².